The van der Waals surface area contributed by atoms with E-state index >= 15 is 0 Å². The van der Waals surface area contributed by atoms with E-state index in [2.05, 4.69) is 37.7 Å². The second-order valence-electron chi connectivity index (χ2n) is 5.69. The zero-order chi connectivity index (χ0) is 12.9. The van der Waals surface area contributed by atoms with E-state index in [9.17, 15) is 5.11 Å². The number of hydrogen-bond donors (Lipinski definition) is 1. The third-order valence-electron chi connectivity index (χ3n) is 3.42. The largest absolute Gasteiger partial charge is 0.385 e. The molecule has 0 saturated carbocycles. The molecule has 3 nitrogen and oxygen atoms in total. The van der Waals surface area contributed by atoms with Gasteiger partial charge in [-0.05, 0) is 11.8 Å². The highest BCUT2D eigenvalue weighted by Gasteiger charge is 2.41. The minimum absolute atomic E-state index is 0.217. The molecule has 1 N–H and O–H groups in total. The lowest BCUT2D eigenvalue weighted by atomic mass is 9.70. The van der Waals surface area contributed by atoms with Crippen LogP contribution in [0.2, 0.25) is 0 Å². The van der Waals surface area contributed by atoms with Crippen LogP contribution in [0.5, 0.6) is 0 Å². The first-order chi connectivity index (χ1) is 7.92. The van der Waals surface area contributed by atoms with Crippen LogP contribution in [0.3, 0.4) is 0 Å². The Kier molecular flexibility index (Phi) is 4.63. The molecular weight excluding hydrogens is 212 g/mol. The number of aromatic nitrogens is 2. The highest BCUT2D eigenvalue weighted by molar-refractivity contribution is 5.17. The van der Waals surface area contributed by atoms with Crippen molar-refractivity contribution in [2.24, 2.45) is 5.41 Å². The molecular formula is C14H24N2O. The fourth-order valence-electron chi connectivity index (χ4n) is 2.10. The average Bonchev–Trinajstić information content (AvgIpc) is 2.29. The molecule has 0 aliphatic heterocycles. The quantitative estimate of drug-likeness (QED) is 0.798. The molecule has 1 unspecified atom stereocenters. The molecule has 0 aliphatic rings. The summed E-state index contributed by atoms with van der Waals surface area (Å²) < 4.78 is 0. The lowest BCUT2D eigenvalue weighted by Gasteiger charge is -2.40. The summed E-state index contributed by atoms with van der Waals surface area (Å²) in [5, 5.41) is 11.0. The summed E-state index contributed by atoms with van der Waals surface area (Å²) >= 11 is 0. The third-order valence-corrected chi connectivity index (χ3v) is 3.42. The van der Waals surface area contributed by atoms with Crippen LogP contribution in [0.15, 0.2) is 18.7 Å². The molecule has 0 fully saturated rings. The average molecular weight is 236 g/mol. The topological polar surface area (TPSA) is 46.0 Å². The molecule has 0 aliphatic carbocycles. The van der Waals surface area contributed by atoms with Crippen LogP contribution in [0, 0.1) is 5.41 Å². The van der Waals surface area contributed by atoms with Gasteiger partial charge in [-0.15, -0.1) is 0 Å². The maximum atomic E-state index is 11.0. The lowest BCUT2D eigenvalue weighted by molar-refractivity contribution is -0.0734. The second kappa shape index (κ2) is 5.58. The van der Waals surface area contributed by atoms with Gasteiger partial charge in [-0.1, -0.05) is 47.0 Å². The van der Waals surface area contributed by atoms with E-state index in [0.717, 1.165) is 31.2 Å². The minimum atomic E-state index is -0.844. The SMILES string of the molecule is CCCCCC(O)(c1cncnc1)C(C)(C)C. The smallest absolute Gasteiger partial charge is 0.115 e. The maximum Gasteiger partial charge on any atom is 0.115 e. The first-order valence-electron chi connectivity index (χ1n) is 6.39. The van der Waals surface area contributed by atoms with Gasteiger partial charge in [0, 0.05) is 18.0 Å². The molecule has 96 valence electrons. The highest BCUT2D eigenvalue weighted by atomic mass is 16.3. The van der Waals surface area contributed by atoms with Crippen molar-refractivity contribution in [3.63, 3.8) is 0 Å². The van der Waals surface area contributed by atoms with Gasteiger partial charge < -0.3 is 5.11 Å². The summed E-state index contributed by atoms with van der Waals surface area (Å²) in [4.78, 5) is 8.04. The molecule has 3 heteroatoms. The second-order valence-corrected chi connectivity index (χ2v) is 5.69. The normalized spacial score (nSPS) is 15.6. The minimum Gasteiger partial charge on any atom is -0.385 e. The number of aliphatic hydroxyl groups is 1. The van der Waals surface area contributed by atoms with Gasteiger partial charge >= 0.3 is 0 Å². The van der Waals surface area contributed by atoms with E-state index in [1.165, 1.54) is 6.33 Å². The van der Waals surface area contributed by atoms with E-state index in [0.29, 0.717) is 0 Å². The van der Waals surface area contributed by atoms with Gasteiger partial charge in [-0.2, -0.15) is 0 Å². The Hall–Kier alpha value is -0.960. The summed E-state index contributed by atoms with van der Waals surface area (Å²) in [5.41, 5.74) is -0.238. The zero-order valence-corrected chi connectivity index (χ0v) is 11.4. The molecule has 17 heavy (non-hydrogen) atoms. The molecule has 1 atom stereocenters. The summed E-state index contributed by atoms with van der Waals surface area (Å²) in [6.45, 7) is 8.35. The van der Waals surface area contributed by atoms with E-state index in [4.69, 9.17) is 0 Å². The van der Waals surface area contributed by atoms with Crippen LogP contribution >= 0.6 is 0 Å². The predicted octanol–water partition coefficient (Wildman–Crippen LogP) is 3.29. The Morgan fingerprint density at radius 1 is 1.12 bits per heavy atom. The Morgan fingerprint density at radius 2 is 1.71 bits per heavy atom. The molecule has 0 saturated heterocycles. The van der Waals surface area contributed by atoms with Gasteiger partial charge in [0.25, 0.3) is 0 Å². The van der Waals surface area contributed by atoms with Gasteiger partial charge in [-0.3, -0.25) is 0 Å². The molecule has 0 amide bonds. The van der Waals surface area contributed by atoms with Crippen molar-refractivity contribution in [3.05, 3.63) is 24.3 Å². The van der Waals surface area contributed by atoms with Crippen molar-refractivity contribution in [2.45, 2.75) is 59.0 Å². The van der Waals surface area contributed by atoms with Crippen LogP contribution in [0.25, 0.3) is 0 Å². The Balaban J connectivity index is 2.95. The van der Waals surface area contributed by atoms with E-state index in [1.807, 2.05) is 0 Å². The van der Waals surface area contributed by atoms with Crippen molar-refractivity contribution >= 4 is 0 Å². The standard InChI is InChI=1S/C14H24N2O/c1-5-6-7-8-14(17,13(2,3)4)12-9-15-11-16-10-12/h9-11,17H,5-8H2,1-4H3. The monoisotopic (exact) mass is 236 g/mol. The summed E-state index contributed by atoms with van der Waals surface area (Å²) in [6, 6.07) is 0. The maximum absolute atomic E-state index is 11.0. The molecule has 1 rings (SSSR count). The first-order valence-corrected chi connectivity index (χ1v) is 6.39. The number of hydrogen-bond acceptors (Lipinski definition) is 3. The number of rotatable bonds is 5. The van der Waals surface area contributed by atoms with Crippen LogP contribution in [-0.2, 0) is 5.60 Å². The summed E-state index contributed by atoms with van der Waals surface area (Å²) in [6.07, 6.45) is 9.04. The van der Waals surface area contributed by atoms with Crippen molar-refractivity contribution in [2.75, 3.05) is 0 Å². The Bertz CT molecular complexity index is 332. The van der Waals surface area contributed by atoms with Crippen molar-refractivity contribution in [3.8, 4) is 0 Å². The molecule has 0 bridgehead atoms. The summed E-state index contributed by atoms with van der Waals surface area (Å²) in [7, 11) is 0. The molecule has 0 radical (unpaired) electrons. The van der Waals surface area contributed by atoms with Crippen LogP contribution < -0.4 is 0 Å². The van der Waals surface area contributed by atoms with E-state index in [1.54, 1.807) is 12.4 Å². The zero-order valence-electron chi connectivity index (χ0n) is 11.4. The Morgan fingerprint density at radius 3 is 2.18 bits per heavy atom. The third kappa shape index (κ3) is 3.25. The fourth-order valence-corrected chi connectivity index (χ4v) is 2.10. The summed E-state index contributed by atoms with van der Waals surface area (Å²) in [5.74, 6) is 0. The van der Waals surface area contributed by atoms with Crippen molar-refractivity contribution < 1.29 is 5.11 Å². The van der Waals surface area contributed by atoms with Crippen LogP contribution in [-0.4, -0.2) is 15.1 Å². The highest BCUT2D eigenvalue weighted by Crippen LogP contribution is 2.42. The number of unbranched alkanes of at least 4 members (excludes halogenated alkanes) is 2. The predicted molar refractivity (Wildman–Crippen MR) is 69.5 cm³/mol. The van der Waals surface area contributed by atoms with E-state index < -0.39 is 5.60 Å². The molecule has 1 aromatic rings. The first kappa shape index (κ1) is 14.1. The molecule has 0 aromatic carbocycles. The van der Waals surface area contributed by atoms with E-state index in [-0.39, 0.29) is 5.41 Å². The number of nitrogens with zero attached hydrogens (tertiary/aromatic N) is 2. The van der Waals surface area contributed by atoms with Gasteiger partial charge in [-0.25, -0.2) is 9.97 Å². The van der Waals surface area contributed by atoms with Gasteiger partial charge in [0.1, 0.15) is 6.33 Å². The van der Waals surface area contributed by atoms with Gasteiger partial charge in [0.15, 0.2) is 0 Å². The lowest BCUT2D eigenvalue weighted by Crippen LogP contribution is -2.40. The molecule has 1 heterocycles. The van der Waals surface area contributed by atoms with Gasteiger partial charge in [0.2, 0.25) is 0 Å². The van der Waals surface area contributed by atoms with Crippen molar-refractivity contribution in [1.82, 2.24) is 9.97 Å². The molecule has 0 spiro atoms. The van der Waals surface area contributed by atoms with Crippen LogP contribution in [0.1, 0.15) is 58.9 Å². The molecule has 1 aromatic heterocycles. The van der Waals surface area contributed by atoms with Crippen molar-refractivity contribution in [1.29, 1.82) is 0 Å². The Labute approximate surface area is 104 Å². The van der Waals surface area contributed by atoms with Crippen LogP contribution in [0.4, 0.5) is 0 Å². The fraction of sp³-hybridized carbons (Fsp3) is 0.714. The van der Waals surface area contributed by atoms with Gasteiger partial charge in [0.05, 0.1) is 5.60 Å².